The molecule has 0 radical (unpaired) electrons. The van der Waals surface area contributed by atoms with Crippen molar-refractivity contribution in [3.63, 3.8) is 0 Å². The van der Waals surface area contributed by atoms with Gasteiger partial charge in [0.2, 0.25) is 17.7 Å². The zero-order valence-corrected chi connectivity index (χ0v) is 14.9. The van der Waals surface area contributed by atoms with Crippen molar-refractivity contribution in [2.24, 2.45) is 5.92 Å². The third kappa shape index (κ3) is 5.97. The van der Waals surface area contributed by atoms with Crippen LogP contribution in [0, 0.1) is 5.92 Å². The average Bonchev–Trinajstić information content (AvgIpc) is 2.78. The van der Waals surface area contributed by atoms with Crippen molar-refractivity contribution in [2.75, 3.05) is 12.8 Å². The van der Waals surface area contributed by atoms with Crippen molar-refractivity contribution in [3.8, 4) is 0 Å². The molecule has 0 aromatic carbocycles. The highest BCUT2D eigenvalue weighted by Crippen LogP contribution is 2.23. The highest BCUT2D eigenvalue weighted by Gasteiger charge is 2.37. The summed E-state index contributed by atoms with van der Waals surface area (Å²) in [5, 5.41) is 2.47. The summed E-state index contributed by atoms with van der Waals surface area (Å²) >= 11 is 1.41. The molecule has 1 rings (SSSR count). The maximum atomic E-state index is 11.9. The van der Waals surface area contributed by atoms with Gasteiger partial charge in [0.25, 0.3) is 0 Å². The van der Waals surface area contributed by atoms with E-state index in [1.54, 1.807) is 0 Å². The van der Waals surface area contributed by atoms with Gasteiger partial charge in [-0.1, -0.05) is 20.3 Å². The van der Waals surface area contributed by atoms with E-state index in [1.807, 2.05) is 20.1 Å². The summed E-state index contributed by atoms with van der Waals surface area (Å²) in [6.07, 6.45) is 5.39. The van der Waals surface area contributed by atoms with E-state index in [1.165, 1.54) is 16.7 Å². The van der Waals surface area contributed by atoms with Gasteiger partial charge in [-0.15, -0.1) is 0 Å². The Morgan fingerprint density at radius 1 is 1.35 bits per heavy atom. The normalized spacial score (nSPS) is 19.3. The van der Waals surface area contributed by atoms with Crippen molar-refractivity contribution in [1.82, 2.24) is 10.2 Å². The van der Waals surface area contributed by atoms with E-state index in [9.17, 15) is 19.2 Å². The third-order valence-electron chi connectivity index (χ3n) is 3.97. The van der Waals surface area contributed by atoms with Crippen molar-refractivity contribution < 1.29 is 19.2 Å². The molecular weight excluding hydrogens is 316 g/mol. The number of amides is 3. The molecule has 0 saturated carbocycles. The molecule has 1 N–H and O–H groups in total. The molecule has 3 amide bonds. The van der Waals surface area contributed by atoms with E-state index >= 15 is 0 Å². The van der Waals surface area contributed by atoms with Gasteiger partial charge in [0.1, 0.15) is 6.29 Å². The second kappa shape index (κ2) is 9.70. The minimum atomic E-state index is -0.439. The molecule has 1 heterocycles. The van der Waals surface area contributed by atoms with Gasteiger partial charge in [-0.05, 0) is 25.0 Å². The summed E-state index contributed by atoms with van der Waals surface area (Å²) in [6, 6.07) is -0.439. The molecule has 0 aliphatic carbocycles. The topological polar surface area (TPSA) is 83.6 Å². The lowest BCUT2D eigenvalue weighted by molar-refractivity contribution is -0.138. The van der Waals surface area contributed by atoms with Crippen molar-refractivity contribution >= 4 is 35.8 Å². The molecule has 0 bridgehead atoms. The minimum Gasteiger partial charge on any atom is -0.346 e. The molecule has 7 heteroatoms. The largest absolute Gasteiger partial charge is 0.346 e. The molecule has 130 valence electrons. The van der Waals surface area contributed by atoms with Gasteiger partial charge < -0.3 is 10.1 Å². The fourth-order valence-corrected chi connectivity index (χ4v) is 3.06. The summed E-state index contributed by atoms with van der Waals surface area (Å²) in [7, 11) is 0. The first-order valence-corrected chi connectivity index (χ1v) is 9.31. The number of nitrogens with zero attached hydrogens (tertiary/aromatic N) is 1. The van der Waals surface area contributed by atoms with E-state index in [0.717, 1.165) is 12.7 Å². The Hall–Kier alpha value is -1.37. The van der Waals surface area contributed by atoms with Crippen molar-refractivity contribution in [3.05, 3.63) is 0 Å². The summed E-state index contributed by atoms with van der Waals surface area (Å²) in [4.78, 5) is 47.6. The minimum absolute atomic E-state index is 0.0769. The standard InChI is InChI=1S/C16H26N2O4S/c1-11(2)12(10-19)17-14(20)7-5-4-6-8-18-15(21)9-13(23-3)16(18)22/h10-13H,4-9H2,1-3H3,(H,17,20)/t12-,13?/m1/s1. The highest BCUT2D eigenvalue weighted by molar-refractivity contribution is 8.00. The second-order valence-electron chi connectivity index (χ2n) is 6.10. The number of hydrogen-bond acceptors (Lipinski definition) is 5. The molecule has 0 aromatic rings. The van der Waals surface area contributed by atoms with Gasteiger partial charge in [0, 0.05) is 19.4 Å². The summed E-state index contributed by atoms with van der Waals surface area (Å²) in [5.41, 5.74) is 0. The van der Waals surface area contributed by atoms with Crippen LogP contribution >= 0.6 is 11.8 Å². The first-order chi connectivity index (χ1) is 10.9. The zero-order valence-electron chi connectivity index (χ0n) is 14.0. The molecule has 1 aliphatic heterocycles. The molecule has 6 nitrogen and oxygen atoms in total. The van der Waals surface area contributed by atoms with E-state index in [2.05, 4.69) is 5.32 Å². The van der Waals surface area contributed by atoms with Crippen LogP contribution in [0.15, 0.2) is 0 Å². The number of thioether (sulfide) groups is 1. The molecule has 23 heavy (non-hydrogen) atoms. The van der Waals surface area contributed by atoms with Crippen LogP contribution in [0.3, 0.4) is 0 Å². The van der Waals surface area contributed by atoms with Crippen LogP contribution in [0.2, 0.25) is 0 Å². The van der Waals surface area contributed by atoms with E-state index < -0.39 is 6.04 Å². The fourth-order valence-electron chi connectivity index (χ4n) is 2.42. The number of hydrogen-bond donors (Lipinski definition) is 1. The molecule has 2 atom stereocenters. The predicted molar refractivity (Wildman–Crippen MR) is 89.9 cm³/mol. The van der Waals surface area contributed by atoms with E-state index in [-0.39, 0.29) is 28.9 Å². The molecule has 1 unspecified atom stereocenters. The number of imide groups is 1. The SMILES string of the molecule is CSC1CC(=O)N(CCCCCC(=O)N[C@H](C=O)C(C)C)C1=O. The Labute approximate surface area is 141 Å². The summed E-state index contributed by atoms with van der Waals surface area (Å²) in [5.74, 6) is -0.247. The molecule has 1 saturated heterocycles. The Balaban J connectivity index is 2.20. The lowest BCUT2D eigenvalue weighted by Crippen LogP contribution is -2.39. The van der Waals surface area contributed by atoms with Crippen LogP contribution in [0.4, 0.5) is 0 Å². The number of likely N-dealkylation sites (tertiary alicyclic amines) is 1. The number of carbonyl (C=O) groups excluding carboxylic acids is 4. The average molecular weight is 342 g/mol. The number of nitrogens with one attached hydrogen (secondary N) is 1. The van der Waals surface area contributed by atoms with Crippen LogP contribution in [-0.4, -0.2) is 53.0 Å². The fraction of sp³-hybridized carbons (Fsp3) is 0.750. The van der Waals surface area contributed by atoms with Gasteiger partial charge in [0.05, 0.1) is 11.3 Å². The number of carbonyl (C=O) groups is 4. The Kier molecular flexibility index (Phi) is 8.30. The molecule has 1 aliphatic rings. The Bertz CT molecular complexity index is 453. The summed E-state index contributed by atoms with van der Waals surface area (Å²) < 4.78 is 0. The molecule has 1 fully saturated rings. The van der Waals surface area contributed by atoms with Crippen LogP contribution in [0.25, 0.3) is 0 Å². The first kappa shape index (κ1) is 19.7. The summed E-state index contributed by atoms with van der Waals surface area (Å²) in [6.45, 7) is 4.19. The third-order valence-corrected chi connectivity index (χ3v) is 4.90. The molecule has 0 aromatic heterocycles. The Morgan fingerprint density at radius 2 is 2.04 bits per heavy atom. The zero-order chi connectivity index (χ0) is 17.4. The monoisotopic (exact) mass is 342 g/mol. The van der Waals surface area contributed by atoms with Gasteiger partial charge in [-0.2, -0.15) is 11.8 Å². The number of aldehydes is 1. The van der Waals surface area contributed by atoms with Crippen LogP contribution in [0.5, 0.6) is 0 Å². The van der Waals surface area contributed by atoms with E-state index in [0.29, 0.717) is 32.2 Å². The first-order valence-electron chi connectivity index (χ1n) is 8.02. The van der Waals surface area contributed by atoms with Gasteiger partial charge in [-0.25, -0.2) is 0 Å². The van der Waals surface area contributed by atoms with Crippen LogP contribution < -0.4 is 5.32 Å². The maximum Gasteiger partial charge on any atom is 0.242 e. The predicted octanol–water partition coefficient (Wildman–Crippen LogP) is 1.38. The van der Waals surface area contributed by atoms with Gasteiger partial charge >= 0.3 is 0 Å². The molecule has 0 spiro atoms. The molecular formula is C16H26N2O4S. The van der Waals surface area contributed by atoms with Crippen molar-refractivity contribution in [1.29, 1.82) is 0 Å². The van der Waals surface area contributed by atoms with Gasteiger partial charge in [-0.3, -0.25) is 19.3 Å². The second-order valence-corrected chi connectivity index (χ2v) is 7.14. The number of unbranched alkanes of at least 4 members (excludes halogenated alkanes) is 2. The lowest BCUT2D eigenvalue weighted by atomic mass is 10.1. The highest BCUT2D eigenvalue weighted by atomic mass is 32.2. The smallest absolute Gasteiger partial charge is 0.242 e. The van der Waals surface area contributed by atoms with E-state index in [4.69, 9.17) is 0 Å². The lowest BCUT2D eigenvalue weighted by Gasteiger charge is -2.16. The quantitative estimate of drug-likeness (QED) is 0.368. The van der Waals surface area contributed by atoms with Crippen LogP contribution in [0.1, 0.15) is 46.0 Å². The Morgan fingerprint density at radius 3 is 2.57 bits per heavy atom. The number of rotatable bonds is 10. The van der Waals surface area contributed by atoms with Crippen molar-refractivity contribution in [2.45, 2.75) is 57.2 Å². The van der Waals surface area contributed by atoms with Crippen LogP contribution in [-0.2, 0) is 19.2 Å². The van der Waals surface area contributed by atoms with Gasteiger partial charge in [0.15, 0.2) is 0 Å². The maximum absolute atomic E-state index is 11.9.